The molecule has 4 rings (SSSR count). The van der Waals surface area contributed by atoms with E-state index >= 15 is 0 Å². The standard InChI is InChI=1S/C38H37N3O7S/c1-5-8-19-29(6-2)41-37(45)30(22-26-20-21-31(32(23-26)46-4)48-24-34(43)47-7-3)36(44)40-38(41)49-25-33(42)39-35(27-15-11-9-12-16-27)28-17-13-10-14-18-28/h5-6,8-23,35H,1,7,24-25H2,2-4H3,(H,39,42)/b19-8-,29-6+,30-22+. The van der Waals surface area contributed by atoms with E-state index in [4.69, 9.17) is 14.2 Å². The number of allylic oxidation sites excluding steroid dienone is 4. The smallest absolute Gasteiger partial charge is 0.344 e. The highest BCUT2D eigenvalue weighted by Crippen LogP contribution is 2.31. The highest BCUT2D eigenvalue weighted by molar-refractivity contribution is 8.14. The highest BCUT2D eigenvalue weighted by atomic mass is 32.2. The third kappa shape index (κ3) is 9.68. The van der Waals surface area contributed by atoms with Gasteiger partial charge in [0.05, 0.1) is 25.5 Å². The fraction of sp³-hybridized carbons (Fsp3) is 0.184. The van der Waals surface area contributed by atoms with Crippen LogP contribution in [0.2, 0.25) is 0 Å². The summed E-state index contributed by atoms with van der Waals surface area (Å²) in [5, 5.41) is 3.13. The normalized spacial score (nSPS) is 14.2. The Morgan fingerprint density at radius 2 is 1.67 bits per heavy atom. The number of amidine groups is 1. The van der Waals surface area contributed by atoms with E-state index in [9.17, 15) is 19.2 Å². The van der Waals surface area contributed by atoms with E-state index in [1.54, 1.807) is 56.4 Å². The van der Waals surface area contributed by atoms with E-state index in [1.807, 2.05) is 60.7 Å². The number of nitrogens with zero attached hydrogens (tertiary/aromatic N) is 2. The van der Waals surface area contributed by atoms with Gasteiger partial charge in [-0.2, -0.15) is 4.99 Å². The summed E-state index contributed by atoms with van der Waals surface area (Å²) in [5.74, 6) is -1.79. The first kappa shape index (κ1) is 36.2. The lowest BCUT2D eigenvalue weighted by Crippen LogP contribution is -2.42. The molecule has 1 N–H and O–H groups in total. The molecule has 0 aromatic heterocycles. The third-order valence-corrected chi connectivity index (χ3v) is 8.00. The summed E-state index contributed by atoms with van der Waals surface area (Å²) >= 11 is 0.978. The number of carbonyl (C=O) groups is 4. The lowest BCUT2D eigenvalue weighted by Gasteiger charge is -2.28. The monoisotopic (exact) mass is 679 g/mol. The van der Waals surface area contributed by atoms with Crippen LogP contribution in [0, 0.1) is 0 Å². The fourth-order valence-electron chi connectivity index (χ4n) is 4.79. The van der Waals surface area contributed by atoms with Crippen molar-refractivity contribution in [1.29, 1.82) is 0 Å². The molecule has 49 heavy (non-hydrogen) atoms. The number of methoxy groups -OCH3 is 1. The molecule has 3 amide bonds. The van der Waals surface area contributed by atoms with Gasteiger partial charge in [-0.05, 0) is 54.8 Å². The molecule has 10 nitrogen and oxygen atoms in total. The number of amides is 3. The van der Waals surface area contributed by atoms with Crippen LogP contribution >= 0.6 is 11.8 Å². The molecular formula is C38H37N3O7S. The maximum absolute atomic E-state index is 14.0. The third-order valence-electron chi connectivity index (χ3n) is 7.06. The predicted molar refractivity (Wildman–Crippen MR) is 191 cm³/mol. The van der Waals surface area contributed by atoms with Gasteiger partial charge in [-0.25, -0.2) is 4.79 Å². The SMILES string of the molecule is C=C/C=C\C(=C/C)N1C(=O)/C(=C/c2ccc(OCC(=O)OCC)c(OC)c2)C(=O)N=C1SCC(=O)NC(c1ccccc1)c1ccccc1. The van der Waals surface area contributed by atoms with E-state index in [1.165, 1.54) is 18.1 Å². The Bertz CT molecular complexity index is 1760. The number of carbonyl (C=O) groups excluding carboxylic acids is 4. The number of thioether (sulfide) groups is 1. The first-order valence-corrected chi connectivity index (χ1v) is 16.4. The number of aliphatic imine (C=N–C) groups is 1. The number of rotatable bonds is 14. The number of benzene rings is 3. The van der Waals surface area contributed by atoms with Gasteiger partial charge in [0.1, 0.15) is 5.57 Å². The van der Waals surface area contributed by atoms with E-state index in [0.717, 1.165) is 22.9 Å². The molecule has 0 saturated heterocycles. The van der Waals surface area contributed by atoms with Crippen molar-refractivity contribution in [3.63, 3.8) is 0 Å². The van der Waals surface area contributed by atoms with Crippen LogP contribution in [0.15, 0.2) is 126 Å². The summed E-state index contributed by atoms with van der Waals surface area (Å²) in [4.78, 5) is 58.0. The quantitative estimate of drug-likeness (QED) is 0.0949. The maximum Gasteiger partial charge on any atom is 0.344 e. The van der Waals surface area contributed by atoms with Gasteiger partial charge >= 0.3 is 5.97 Å². The van der Waals surface area contributed by atoms with Gasteiger partial charge in [-0.3, -0.25) is 19.3 Å². The Kier molecular flexibility index (Phi) is 13.3. The minimum absolute atomic E-state index is 0.0559. The molecule has 1 aliphatic heterocycles. The van der Waals surface area contributed by atoms with Crippen LogP contribution in [0.5, 0.6) is 11.5 Å². The molecule has 1 heterocycles. The molecule has 0 aliphatic carbocycles. The van der Waals surface area contributed by atoms with Crippen molar-refractivity contribution >= 4 is 46.7 Å². The Hall–Kier alpha value is -5.68. The summed E-state index contributed by atoms with van der Waals surface area (Å²) in [7, 11) is 1.43. The minimum Gasteiger partial charge on any atom is -0.493 e. The number of esters is 1. The number of hydrogen-bond donors (Lipinski definition) is 1. The summed E-state index contributed by atoms with van der Waals surface area (Å²) < 4.78 is 15.8. The molecule has 0 atom stereocenters. The molecular weight excluding hydrogens is 642 g/mol. The highest BCUT2D eigenvalue weighted by Gasteiger charge is 2.35. The van der Waals surface area contributed by atoms with E-state index in [-0.39, 0.29) is 47.1 Å². The first-order valence-electron chi connectivity index (χ1n) is 15.4. The topological polar surface area (TPSA) is 124 Å². The molecule has 0 fully saturated rings. The second-order valence-corrected chi connectivity index (χ2v) is 11.3. The number of ether oxygens (including phenoxy) is 3. The summed E-state index contributed by atoms with van der Waals surface area (Å²) in [6.07, 6.45) is 7.97. The van der Waals surface area contributed by atoms with Crippen LogP contribution in [0.1, 0.15) is 36.6 Å². The maximum atomic E-state index is 14.0. The molecule has 1 aliphatic rings. The Morgan fingerprint density at radius 3 is 2.27 bits per heavy atom. The van der Waals surface area contributed by atoms with Gasteiger partial charge < -0.3 is 19.5 Å². The van der Waals surface area contributed by atoms with Crippen molar-refractivity contribution in [1.82, 2.24) is 10.2 Å². The predicted octanol–water partition coefficient (Wildman–Crippen LogP) is 6.03. The summed E-state index contributed by atoms with van der Waals surface area (Å²) in [5.41, 5.74) is 2.51. The van der Waals surface area contributed by atoms with E-state index in [2.05, 4.69) is 16.9 Å². The molecule has 0 bridgehead atoms. The summed E-state index contributed by atoms with van der Waals surface area (Å²) in [6.45, 7) is 7.06. The molecule has 0 spiro atoms. The van der Waals surface area contributed by atoms with Crippen molar-refractivity contribution in [2.75, 3.05) is 26.1 Å². The van der Waals surface area contributed by atoms with Crippen LogP contribution in [0.3, 0.4) is 0 Å². The van der Waals surface area contributed by atoms with Crippen LogP contribution < -0.4 is 14.8 Å². The van der Waals surface area contributed by atoms with Gasteiger partial charge in [-0.15, -0.1) is 0 Å². The summed E-state index contributed by atoms with van der Waals surface area (Å²) in [6, 6.07) is 23.5. The number of hydrogen-bond acceptors (Lipinski definition) is 8. The zero-order valence-electron chi connectivity index (χ0n) is 27.5. The minimum atomic E-state index is -0.764. The second-order valence-electron chi connectivity index (χ2n) is 10.3. The van der Waals surface area contributed by atoms with E-state index in [0.29, 0.717) is 11.3 Å². The van der Waals surface area contributed by atoms with Crippen LogP contribution in [0.4, 0.5) is 0 Å². The van der Waals surface area contributed by atoms with Gasteiger partial charge in [-0.1, -0.05) is 103 Å². The fourth-order valence-corrected chi connectivity index (χ4v) is 5.60. The molecule has 3 aromatic carbocycles. The Morgan fingerprint density at radius 1 is 1.00 bits per heavy atom. The van der Waals surface area contributed by atoms with Crippen molar-refractivity contribution in [3.8, 4) is 11.5 Å². The first-order chi connectivity index (χ1) is 23.8. The van der Waals surface area contributed by atoms with Gasteiger partial charge in [0.15, 0.2) is 23.3 Å². The lowest BCUT2D eigenvalue weighted by molar-refractivity contribution is -0.145. The molecule has 0 saturated carbocycles. The Balaban J connectivity index is 1.60. The average molecular weight is 680 g/mol. The zero-order chi connectivity index (χ0) is 35.2. The van der Waals surface area contributed by atoms with Crippen LogP contribution in [0.25, 0.3) is 6.08 Å². The average Bonchev–Trinajstić information content (AvgIpc) is 3.12. The Labute approximate surface area is 289 Å². The lowest BCUT2D eigenvalue weighted by atomic mass is 9.99. The zero-order valence-corrected chi connectivity index (χ0v) is 28.3. The van der Waals surface area contributed by atoms with Gasteiger partial charge in [0.25, 0.3) is 11.8 Å². The van der Waals surface area contributed by atoms with Crippen molar-refractivity contribution in [3.05, 3.63) is 138 Å². The molecule has 252 valence electrons. The molecule has 3 aromatic rings. The van der Waals surface area contributed by atoms with Crippen LogP contribution in [-0.4, -0.2) is 59.8 Å². The largest absolute Gasteiger partial charge is 0.493 e. The van der Waals surface area contributed by atoms with Crippen molar-refractivity contribution < 1.29 is 33.4 Å². The number of nitrogens with one attached hydrogen (secondary N) is 1. The molecule has 0 unspecified atom stereocenters. The van der Waals surface area contributed by atoms with Crippen molar-refractivity contribution in [2.45, 2.75) is 19.9 Å². The van der Waals surface area contributed by atoms with E-state index < -0.39 is 23.8 Å². The molecule has 0 radical (unpaired) electrons. The van der Waals surface area contributed by atoms with Crippen LogP contribution in [-0.2, 0) is 23.9 Å². The molecule has 11 heteroatoms. The van der Waals surface area contributed by atoms with Gasteiger partial charge in [0, 0.05) is 5.70 Å². The second kappa shape index (κ2) is 18.0. The van der Waals surface area contributed by atoms with Crippen molar-refractivity contribution in [2.24, 2.45) is 4.99 Å². The van der Waals surface area contributed by atoms with Gasteiger partial charge in [0.2, 0.25) is 5.91 Å².